The molecule has 0 spiro atoms. The third kappa shape index (κ3) is 4.86. The van der Waals surface area contributed by atoms with Gasteiger partial charge in [-0.25, -0.2) is 4.98 Å². The minimum atomic E-state index is -0.167. The molecule has 0 aliphatic heterocycles. The highest BCUT2D eigenvalue weighted by atomic mass is 79.9. The molecule has 1 aromatic heterocycles. The number of anilines is 1. The fourth-order valence-electron chi connectivity index (χ4n) is 1.69. The number of nitrogens with zero attached hydrogens (tertiary/aromatic N) is 1. The first kappa shape index (κ1) is 15.5. The predicted molar refractivity (Wildman–Crippen MR) is 86.7 cm³/mol. The molecule has 0 saturated carbocycles. The molecule has 0 bridgehead atoms. The molecule has 2 aromatic rings. The number of hydrogen-bond acceptors (Lipinski definition) is 3. The molecule has 0 aliphatic rings. The van der Waals surface area contributed by atoms with E-state index in [1.807, 2.05) is 12.1 Å². The Hall–Kier alpha value is -1.88. The third-order valence-electron chi connectivity index (χ3n) is 2.87. The lowest BCUT2D eigenvalue weighted by Crippen LogP contribution is -2.11. The van der Waals surface area contributed by atoms with E-state index in [0.29, 0.717) is 17.9 Å². The maximum atomic E-state index is 12.1. The van der Waals surface area contributed by atoms with Crippen LogP contribution < -0.4 is 10.1 Å². The number of unbranched alkanes of at least 4 members (excludes halogenated alkanes) is 1. The zero-order valence-corrected chi connectivity index (χ0v) is 13.4. The molecular formula is C16H17BrN2O2. The Bertz CT molecular complexity index is 582. The number of nitrogens with one attached hydrogen (secondary N) is 1. The maximum absolute atomic E-state index is 12.1. The Morgan fingerprint density at radius 1 is 1.24 bits per heavy atom. The van der Waals surface area contributed by atoms with Gasteiger partial charge in [0, 0.05) is 5.56 Å². The molecule has 5 heteroatoms. The number of ether oxygens (including phenoxy) is 1. The van der Waals surface area contributed by atoms with E-state index >= 15 is 0 Å². The van der Waals surface area contributed by atoms with Gasteiger partial charge in [0.05, 0.1) is 18.5 Å². The van der Waals surface area contributed by atoms with E-state index in [9.17, 15) is 4.79 Å². The van der Waals surface area contributed by atoms with Crippen molar-refractivity contribution in [3.05, 3.63) is 52.8 Å². The number of halogens is 1. The smallest absolute Gasteiger partial charge is 0.255 e. The van der Waals surface area contributed by atoms with Crippen LogP contribution in [0.2, 0.25) is 0 Å². The lowest BCUT2D eigenvalue weighted by molar-refractivity contribution is 0.102. The van der Waals surface area contributed by atoms with E-state index in [1.165, 1.54) is 0 Å². The molecule has 1 N–H and O–H groups in total. The van der Waals surface area contributed by atoms with E-state index in [4.69, 9.17) is 4.74 Å². The molecule has 1 aromatic carbocycles. The summed E-state index contributed by atoms with van der Waals surface area (Å²) in [6.07, 6.45) is 3.73. The average Bonchev–Trinajstić information content (AvgIpc) is 2.50. The van der Waals surface area contributed by atoms with Crippen molar-refractivity contribution in [2.45, 2.75) is 19.8 Å². The van der Waals surface area contributed by atoms with Gasteiger partial charge in [0.25, 0.3) is 5.91 Å². The monoisotopic (exact) mass is 348 g/mol. The number of carbonyl (C=O) groups is 1. The summed E-state index contributed by atoms with van der Waals surface area (Å²) >= 11 is 3.25. The standard InChI is InChI=1S/C16H17BrN2O2/c1-2-3-10-21-14-7-4-12(5-8-14)16(20)19-13-6-9-15(17)18-11-13/h4-9,11H,2-3,10H2,1H3,(H,19,20). The van der Waals surface area contributed by atoms with E-state index in [0.717, 1.165) is 23.2 Å². The minimum absolute atomic E-state index is 0.167. The Morgan fingerprint density at radius 2 is 2.00 bits per heavy atom. The molecule has 21 heavy (non-hydrogen) atoms. The van der Waals surface area contributed by atoms with Crippen LogP contribution in [0.15, 0.2) is 47.2 Å². The van der Waals surface area contributed by atoms with Crippen LogP contribution in [-0.2, 0) is 0 Å². The zero-order chi connectivity index (χ0) is 15.1. The molecule has 1 heterocycles. The van der Waals surface area contributed by atoms with E-state index in [2.05, 4.69) is 33.2 Å². The van der Waals surface area contributed by atoms with Crippen molar-refractivity contribution in [2.75, 3.05) is 11.9 Å². The first-order valence-electron chi connectivity index (χ1n) is 6.85. The highest BCUT2D eigenvalue weighted by molar-refractivity contribution is 9.10. The van der Waals surface area contributed by atoms with Crippen LogP contribution in [0.5, 0.6) is 5.75 Å². The number of pyridine rings is 1. The third-order valence-corrected chi connectivity index (χ3v) is 3.34. The van der Waals surface area contributed by atoms with Crippen molar-refractivity contribution in [1.29, 1.82) is 0 Å². The summed E-state index contributed by atoms with van der Waals surface area (Å²) in [5, 5.41) is 2.79. The van der Waals surface area contributed by atoms with Crippen molar-refractivity contribution in [1.82, 2.24) is 4.98 Å². The lowest BCUT2D eigenvalue weighted by atomic mass is 10.2. The van der Waals surface area contributed by atoms with Crippen LogP contribution in [0, 0.1) is 0 Å². The molecular weight excluding hydrogens is 332 g/mol. The number of benzene rings is 1. The van der Waals surface area contributed by atoms with Gasteiger partial charge in [-0.05, 0) is 58.7 Å². The molecule has 0 atom stereocenters. The molecule has 4 nitrogen and oxygen atoms in total. The van der Waals surface area contributed by atoms with Gasteiger partial charge in [-0.3, -0.25) is 4.79 Å². The largest absolute Gasteiger partial charge is 0.494 e. The summed E-state index contributed by atoms with van der Waals surface area (Å²) in [6, 6.07) is 10.7. The number of hydrogen-bond donors (Lipinski definition) is 1. The Morgan fingerprint density at radius 3 is 2.62 bits per heavy atom. The van der Waals surface area contributed by atoms with Gasteiger partial charge in [-0.15, -0.1) is 0 Å². The van der Waals surface area contributed by atoms with Gasteiger partial charge in [0.2, 0.25) is 0 Å². The maximum Gasteiger partial charge on any atom is 0.255 e. The molecule has 1 amide bonds. The number of rotatable bonds is 6. The van der Waals surface area contributed by atoms with Gasteiger partial charge in [0.1, 0.15) is 10.4 Å². The van der Waals surface area contributed by atoms with Crippen LogP contribution in [0.3, 0.4) is 0 Å². The minimum Gasteiger partial charge on any atom is -0.494 e. The number of aromatic nitrogens is 1. The van der Waals surface area contributed by atoms with Gasteiger partial charge >= 0.3 is 0 Å². The summed E-state index contributed by atoms with van der Waals surface area (Å²) in [4.78, 5) is 16.1. The second-order valence-electron chi connectivity index (χ2n) is 4.55. The highest BCUT2D eigenvalue weighted by Crippen LogP contribution is 2.15. The van der Waals surface area contributed by atoms with Crippen LogP contribution in [-0.4, -0.2) is 17.5 Å². The van der Waals surface area contributed by atoms with Crippen molar-refractivity contribution < 1.29 is 9.53 Å². The summed E-state index contributed by atoms with van der Waals surface area (Å²) in [5.41, 5.74) is 1.24. The SMILES string of the molecule is CCCCOc1ccc(C(=O)Nc2ccc(Br)nc2)cc1. The van der Waals surface area contributed by atoms with Gasteiger partial charge < -0.3 is 10.1 Å². The second kappa shape index (κ2) is 7.78. The molecule has 110 valence electrons. The highest BCUT2D eigenvalue weighted by Gasteiger charge is 2.06. The zero-order valence-electron chi connectivity index (χ0n) is 11.8. The molecule has 0 radical (unpaired) electrons. The topological polar surface area (TPSA) is 51.2 Å². The Labute approximate surface area is 132 Å². The first-order chi connectivity index (χ1) is 10.2. The van der Waals surface area contributed by atoms with Crippen LogP contribution in [0.1, 0.15) is 30.1 Å². The van der Waals surface area contributed by atoms with Crippen LogP contribution >= 0.6 is 15.9 Å². The van der Waals surface area contributed by atoms with E-state index in [1.54, 1.807) is 30.5 Å². The second-order valence-corrected chi connectivity index (χ2v) is 5.36. The van der Waals surface area contributed by atoms with Crippen molar-refractivity contribution in [3.8, 4) is 5.75 Å². The Balaban J connectivity index is 1.94. The fraction of sp³-hybridized carbons (Fsp3) is 0.250. The molecule has 0 aliphatic carbocycles. The lowest BCUT2D eigenvalue weighted by Gasteiger charge is -2.07. The quantitative estimate of drug-likeness (QED) is 0.626. The van der Waals surface area contributed by atoms with E-state index in [-0.39, 0.29) is 5.91 Å². The number of carbonyl (C=O) groups excluding carboxylic acids is 1. The molecule has 2 rings (SSSR count). The molecule has 0 saturated heterocycles. The van der Waals surface area contributed by atoms with Crippen molar-refractivity contribution in [2.24, 2.45) is 0 Å². The van der Waals surface area contributed by atoms with E-state index < -0.39 is 0 Å². The number of amides is 1. The normalized spacial score (nSPS) is 10.2. The fourth-order valence-corrected chi connectivity index (χ4v) is 1.92. The van der Waals surface area contributed by atoms with Crippen LogP contribution in [0.25, 0.3) is 0 Å². The van der Waals surface area contributed by atoms with Crippen molar-refractivity contribution >= 4 is 27.5 Å². The summed E-state index contributed by atoms with van der Waals surface area (Å²) in [5.74, 6) is 0.615. The summed E-state index contributed by atoms with van der Waals surface area (Å²) in [6.45, 7) is 2.82. The van der Waals surface area contributed by atoms with Crippen molar-refractivity contribution in [3.63, 3.8) is 0 Å². The van der Waals surface area contributed by atoms with Gasteiger partial charge in [0.15, 0.2) is 0 Å². The van der Waals surface area contributed by atoms with Gasteiger partial charge in [-0.1, -0.05) is 13.3 Å². The average molecular weight is 349 g/mol. The summed E-state index contributed by atoms with van der Waals surface area (Å²) in [7, 11) is 0. The molecule has 0 unspecified atom stereocenters. The summed E-state index contributed by atoms with van der Waals surface area (Å²) < 4.78 is 6.30. The molecule has 0 fully saturated rings. The van der Waals surface area contributed by atoms with Crippen LogP contribution in [0.4, 0.5) is 5.69 Å². The Kier molecular flexibility index (Phi) is 5.75. The van der Waals surface area contributed by atoms with Gasteiger partial charge in [-0.2, -0.15) is 0 Å². The predicted octanol–water partition coefficient (Wildman–Crippen LogP) is 4.28. The first-order valence-corrected chi connectivity index (χ1v) is 7.64.